The summed E-state index contributed by atoms with van der Waals surface area (Å²) in [6.07, 6.45) is 3.51. The molecule has 0 fully saturated rings. The zero-order valence-electron chi connectivity index (χ0n) is 9.09. The molecule has 0 aliphatic carbocycles. The SMILES string of the molecule is CCCCC(=C(C)N)c1ccccc1. The second kappa shape index (κ2) is 5.48. The van der Waals surface area contributed by atoms with E-state index < -0.39 is 0 Å². The maximum Gasteiger partial charge on any atom is 0.00874 e. The Morgan fingerprint density at radius 3 is 2.36 bits per heavy atom. The Morgan fingerprint density at radius 1 is 1.21 bits per heavy atom. The lowest BCUT2D eigenvalue weighted by atomic mass is 9.99. The van der Waals surface area contributed by atoms with Crippen LogP contribution in [-0.4, -0.2) is 0 Å². The van der Waals surface area contributed by atoms with Crippen molar-refractivity contribution in [3.8, 4) is 0 Å². The predicted molar refractivity (Wildman–Crippen MR) is 62.7 cm³/mol. The Labute approximate surface area is 86.6 Å². The Kier molecular flexibility index (Phi) is 4.24. The van der Waals surface area contributed by atoms with E-state index in [0.29, 0.717) is 0 Å². The molecule has 0 unspecified atom stereocenters. The van der Waals surface area contributed by atoms with Crippen LogP contribution in [0.2, 0.25) is 0 Å². The van der Waals surface area contributed by atoms with Gasteiger partial charge in [-0.3, -0.25) is 0 Å². The van der Waals surface area contributed by atoms with E-state index in [1.165, 1.54) is 24.0 Å². The summed E-state index contributed by atoms with van der Waals surface area (Å²) >= 11 is 0. The van der Waals surface area contributed by atoms with Gasteiger partial charge in [-0.15, -0.1) is 0 Å². The van der Waals surface area contributed by atoms with Crippen molar-refractivity contribution in [2.24, 2.45) is 5.73 Å². The molecule has 0 spiro atoms. The number of benzene rings is 1. The van der Waals surface area contributed by atoms with Crippen molar-refractivity contribution >= 4 is 5.57 Å². The maximum atomic E-state index is 5.89. The van der Waals surface area contributed by atoms with Crippen molar-refractivity contribution in [1.29, 1.82) is 0 Å². The van der Waals surface area contributed by atoms with Gasteiger partial charge in [0.05, 0.1) is 0 Å². The highest BCUT2D eigenvalue weighted by atomic mass is 14.6. The molecule has 1 heteroatoms. The topological polar surface area (TPSA) is 26.0 Å². The van der Waals surface area contributed by atoms with E-state index >= 15 is 0 Å². The number of rotatable bonds is 4. The fraction of sp³-hybridized carbons (Fsp3) is 0.385. The van der Waals surface area contributed by atoms with Gasteiger partial charge in [-0.05, 0) is 30.9 Å². The number of unbranched alkanes of at least 4 members (excludes halogenated alkanes) is 1. The van der Waals surface area contributed by atoms with E-state index in [-0.39, 0.29) is 0 Å². The van der Waals surface area contributed by atoms with Gasteiger partial charge in [0.2, 0.25) is 0 Å². The highest BCUT2D eigenvalue weighted by Gasteiger charge is 2.02. The summed E-state index contributed by atoms with van der Waals surface area (Å²) in [6.45, 7) is 4.19. The van der Waals surface area contributed by atoms with Crippen LogP contribution in [0.1, 0.15) is 38.7 Å². The van der Waals surface area contributed by atoms with Crippen LogP contribution in [0.3, 0.4) is 0 Å². The summed E-state index contributed by atoms with van der Waals surface area (Å²) in [5, 5.41) is 0. The zero-order chi connectivity index (χ0) is 10.4. The van der Waals surface area contributed by atoms with Crippen LogP contribution in [0.5, 0.6) is 0 Å². The molecule has 1 rings (SSSR count). The quantitative estimate of drug-likeness (QED) is 0.770. The molecule has 76 valence electrons. The molecule has 14 heavy (non-hydrogen) atoms. The number of nitrogens with two attached hydrogens (primary N) is 1. The average molecular weight is 189 g/mol. The first kappa shape index (κ1) is 10.8. The van der Waals surface area contributed by atoms with Crippen LogP contribution in [0.25, 0.3) is 5.57 Å². The fourth-order valence-corrected chi connectivity index (χ4v) is 1.56. The Morgan fingerprint density at radius 2 is 1.86 bits per heavy atom. The molecule has 1 aromatic rings. The highest BCUT2D eigenvalue weighted by Crippen LogP contribution is 2.22. The van der Waals surface area contributed by atoms with Crippen molar-refractivity contribution in [1.82, 2.24) is 0 Å². The minimum Gasteiger partial charge on any atom is -0.402 e. The van der Waals surface area contributed by atoms with Gasteiger partial charge in [0, 0.05) is 5.70 Å². The third-order valence-corrected chi connectivity index (χ3v) is 2.38. The van der Waals surface area contributed by atoms with E-state index in [1.54, 1.807) is 0 Å². The molecule has 0 heterocycles. The Hall–Kier alpha value is -1.24. The Bertz CT molecular complexity index is 294. The van der Waals surface area contributed by atoms with Crippen LogP contribution >= 0.6 is 0 Å². The van der Waals surface area contributed by atoms with Gasteiger partial charge >= 0.3 is 0 Å². The molecule has 2 N–H and O–H groups in total. The largest absolute Gasteiger partial charge is 0.402 e. The molecule has 0 bridgehead atoms. The second-order valence-electron chi connectivity index (χ2n) is 3.63. The molecule has 0 saturated carbocycles. The lowest BCUT2D eigenvalue weighted by molar-refractivity contribution is 0.820. The first-order valence-electron chi connectivity index (χ1n) is 5.26. The standard InChI is InChI=1S/C13H19N/c1-3-4-10-13(11(2)14)12-8-6-5-7-9-12/h5-9H,3-4,10,14H2,1-2H3. The van der Waals surface area contributed by atoms with Crippen LogP contribution in [-0.2, 0) is 0 Å². The normalized spacial score (nSPS) is 12.4. The number of hydrogen-bond acceptors (Lipinski definition) is 1. The van der Waals surface area contributed by atoms with E-state index in [0.717, 1.165) is 12.1 Å². The summed E-state index contributed by atoms with van der Waals surface area (Å²) in [7, 11) is 0. The summed E-state index contributed by atoms with van der Waals surface area (Å²) in [5.41, 5.74) is 9.40. The van der Waals surface area contributed by atoms with E-state index in [4.69, 9.17) is 5.73 Å². The van der Waals surface area contributed by atoms with Gasteiger partial charge in [-0.2, -0.15) is 0 Å². The van der Waals surface area contributed by atoms with Crippen molar-refractivity contribution in [3.05, 3.63) is 41.6 Å². The highest BCUT2D eigenvalue weighted by molar-refractivity contribution is 5.67. The van der Waals surface area contributed by atoms with E-state index in [9.17, 15) is 0 Å². The Balaban J connectivity index is 2.86. The molecule has 0 radical (unpaired) electrons. The van der Waals surface area contributed by atoms with Gasteiger partial charge in [0.15, 0.2) is 0 Å². The first-order valence-corrected chi connectivity index (χ1v) is 5.26. The molecule has 0 saturated heterocycles. The summed E-state index contributed by atoms with van der Waals surface area (Å²) in [4.78, 5) is 0. The lowest BCUT2D eigenvalue weighted by Crippen LogP contribution is -1.98. The van der Waals surface area contributed by atoms with E-state index in [2.05, 4.69) is 31.2 Å². The predicted octanol–water partition coefficient (Wildman–Crippen LogP) is 3.57. The van der Waals surface area contributed by atoms with Crippen LogP contribution in [0.15, 0.2) is 36.0 Å². The molecule has 1 nitrogen and oxygen atoms in total. The summed E-state index contributed by atoms with van der Waals surface area (Å²) in [5.74, 6) is 0. The smallest absolute Gasteiger partial charge is 0.00874 e. The minimum absolute atomic E-state index is 0.949. The first-order chi connectivity index (χ1) is 6.75. The third kappa shape index (κ3) is 2.91. The molecule has 1 aromatic carbocycles. The number of allylic oxidation sites excluding steroid dienone is 2. The zero-order valence-corrected chi connectivity index (χ0v) is 9.09. The van der Waals surface area contributed by atoms with Crippen molar-refractivity contribution < 1.29 is 0 Å². The van der Waals surface area contributed by atoms with Crippen molar-refractivity contribution in [2.45, 2.75) is 33.1 Å². The van der Waals surface area contributed by atoms with Gasteiger partial charge in [0.25, 0.3) is 0 Å². The molecule has 0 aromatic heterocycles. The van der Waals surface area contributed by atoms with Gasteiger partial charge in [0.1, 0.15) is 0 Å². The molecule has 0 amide bonds. The molecular weight excluding hydrogens is 170 g/mol. The van der Waals surface area contributed by atoms with Crippen LogP contribution in [0, 0.1) is 0 Å². The van der Waals surface area contributed by atoms with Gasteiger partial charge in [-0.25, -0.2) is 0 Å². The minimum atomic E-state index is 0.949. The number of hydrogen-bond donors (Lipinski definition) is 1. The maximum absolute atomic E-state index is 5.89. The fourth-order valence-electron chi connectivity index (χ4n) is 1.56. The molecule has 0 aliphatic rings. The second-order valence-corrected chi connectivity index (χ2v) is 3.63. The van der Waals surface area contributed by atoms with Gasteiger partial charge in [-0.1, -0.05) is 43.7 Å². The average Bonchev–Trinajstić information content (AvgIpc) is 2.19. The van der Waals surface area contributed by atoms with Gasteiger partial charge < -0.3 is 5.73 Å². The van der Waals surface area contributed by atoms with E-state index in [1.807, 2.05) is 13.0 Å². The molecular formula is C13H19N. The lowest BCUT2D eigenvalue weighted by Gasteiger charge is -2.09. The summed E-state index contributed by atoms with van der Waals surface area (Å²) < 4.78 is 0. The van der Waals surface area contributed by atoms with Crippen LogP contribution in [0.4, 0.5) is 0 Å². The molecule has 0 aliphatic heterocycles. The van der Waals surface area contributed by atoms with Crippen molar-refractivity contribution in [2.75, 3.05) is 0 Å². The van der Waals surface area contributed by atoms with Crippen LogP contribution < -0.4 is 5.73 Å². The summed E-state index contributed by atoms with van der Waals surface area (Å²) in [6, 6.07) is 10.4. The molecule has 0 atom stereocenters. The monoisotopic (exact) mass is 189 g/mol. The third-order valence-electron chi connectivity index (χ3n) is 2.38. The van der Waals surface area contributed by atoms with Crippen molar-refractivity contribution in [3.63, 3.8) is 0 Å².